The first-order valence-electron chi connectivity index (χ1n) is 2.34. The molecule has 2 heteroatoms. The molecular formula is C5H10OP+. The highest BCUT2D eigenvalue weighted by Gasteiger charge is 2.04. The Morgan fingerprint density at radius 2 is 2.43 bits per heavy atom. The van der Waals surface area contributed by atoms with Crippen molar-refractivity contribution in [3.8, 4) is 0 Å². The third kappa shape index (κ3) is 3.68. The zero-order valence-electron chi connectivity index (χ0n) is 4.55. The second kappa shape index (κ2) is 4.01. The topological polar surface area (TPSA) is 17.1 Å². The summed E-state index contributed by atoms with van der Waals surface area (Å²) in [6.07, 6.45) is 3.15. The summed E-state index contributed by atoms with van der Waals surface area (Å²) < 4.78 is 10.5. The number of allylic oxidation sites excluding steroid dienone is 1. The van der Waals surface area contributed by atoms with Gasteiger partial charge in [-0.05, 0) is 13.0 Å². The average molecular weight is 117 g/mol. The highest BCUT2D eigenvalue weighted by Crippen LogP contribution is 2.17. The summed E-state index contributed by atoms with van der Waals surface area (Å²) in [5, 5.41) is 0. The van der Waals surface area contributed by atoms with E-state index >= 15 is 0 Å². The summed E-state index contributed by atoms with van der Waals surface area (Å²) in [6.45, 7) is 5.38. The van der Waals surface area contributed by atoms with Gasteiger partial charge in [0.15, 0.2) is 6.16 Å². The molecule has 1 nitrogen and oxygen atoms in total. The molecule has 0 amide bonds. The second-order valence-electron chi connectivity index (χ2n) is 1.27. The fraction of sp³-hybridized carbons (Fsp3) is 0.600. The minimum atomic E-state index is -0.947. The van der Waals surface area contributed by atoms with Gasteiger partial charge in [-0.15, -0.1) is 0 Å². The molecule has 1 atom stereocenters. The lowest BCUT2D eigenvalue weighted by molar-refractivity contribution is 0.590. The molecule has 0 aliphatic carbocycles. The Balaban J connectivity index is 3.17. The van der Waals surface area contributed by atoms with Gasteiger partial charge in [-0.3, -0.25) is 0 Å². The van der Waals surface area contributed by atoms with Crippen LogP contribution in [0.1, 0.15) is 6.92 Å². The lowest BCUT2D eigenvalue weighted by Gasteiger charge is -1.69. The number of hydrogen-bond acceptors (Lipinski definition) is 1. The van der Waals surface area contributed by atoms with Gasteiger partial charge in [0.2, 0.25) is 0 Å². The van der Waals surface area contributed by atoms with Crippen LogP contribution in [-0.2, 0) is 4.57 Å². The quantitative estimate of drug-likeness (QED) is 0.408. The van der Waals surface area contributed by atoms with Crippen molar-refractivity contribution in [3.63, 3.8) is 0 Å². The predicted molar refractivity (Wildman–Crippen MR) is 33.2 cm³/mol. The molecule has 0 rings (SSSR count). The Morgan fingerprint density at radius 3 is 2.57 bits per heavy atom. The molecule has 0 bridgehead atoms. The lowest BCUT2D eigenvalue weighted by Crippen LogP contribution is -1.69. The minimum Gasteiger partial charge on any atom is -0.0989 e. The summed E-state index contributed by atoms with van der Waals surface area (Å²) in [4.78, 5) is 0. The molecule has 40 valence electrons. The van der Waals surface area contributed by atoms with Crippen LogP contribution >= 0.6 is 7.80 Å². The maximum Gasteiger partial charge on any atom is 0.342 e. The van der Waals surface area contributed by atoms with Crippen LogP contribution in [0.5, 0.6) is 0 Å². The van der Waals surface area contributed by atoms with Gasteiger partial charge in [0, 0.05) is 0 Å². The van der Waals surface area contributed by atoms with Crippen molar-refractivity contribution in [2.24, 2.45) is 0 Å². The molecule has 0 aromatic carbocycles. The molecule has 0 heterocycles. The van der Waals surface area contributed by atoms with E-state index in [2.05, 4.69) is 6.58 Å². The number of hydrogen-bond donors (Lipinski definition) is 0. The van der Waals surface area contributed by atoms with Gasteiger partial charge < -0.3 is 0 Å². The molecule has 0 aliphatic heterocycles. The number of rotatable bonds is 3. The van der Waals surface area contributed by atoms with Crippen LogP contribution in [0.15, 0.2) is 12.7 Å². The zero-order valence-corrected chi connectivity index (χ0v) is 5.45. The highest BCUT2D eigenvalue weighted by atomic mass is 31.1. The Morgan fingerprint density at radius 1 is 1.86 bits per heavy atom. The van der Waals surface area contributed by atoms with Gasteiger partial charge in [-0.25, -0.2) is 0 Å². The van der Waals surface area contributed by atoms with Crippen LogP contribution in [0.4, 0.5) is 0 Å². The Labute approximate surface area is 45.2 Å². The second-order valence-corrected chi connectivity index (χ2v) is 3.23. The van der Waals surface area contributed by atoms with Crippen molar-refractivity contribution in [2.45, 2.75) is 6.92 Å². The first kappa shape index (κ1) is 6.84. The van der Waals surface area contributed by atoms with Crippen LogP contribution in [0.3, 0.4) is 0 Å². The minimum absolute atomic E-state index is 0.672. The first-order chi connectivity index (χ1) is 3.31. The van der Waals surface area contributed by atoms with Crippen molar-refractivity contribution in [1.29, 1.82) is 0 Å². The van der Waals surface area contributed by atoms with Crippen molar-refractivity contribution in [3.05, 3.63) is 12.7 Å². The van der Waals surface area contributed by atoms with E-state index in [-0.39, 0.29) is 0 Å². The van der Waals surface area contributed by atoms with Gasteiger partial charge in [0.25, 0.3) is 0 Å². The van der Waals surface area contributed by atoms with Gasteiger partial charge in [0.1, 0.15) is 6.16 Å². The van der Waals surface area contributed by atoms with Gasteiger partial charge in [-0.1, -0.05) is 11.1 Å². The standard InChI is InChI=1S/C5H10OP/c1-3-5-7(6)4-2/h3H,1,4-5H2,2H3/q+1. The normalized spacial score (nSPS) is 10.7. The molecule has 0 radical (unpaired) electrons. The molecule has 0 saturated heterocycles. The van der Waals surface area contributed by atoms with E-state index in [1.807, 2.05) is 6.92 Å². The third-order valence-electron chi connectivity index (χ3n) is 0.685. The van der Waals surface area contributed by atoms with E-state index in [1.165, 1.54) is 0 Å². The van der Waals surface area contributed by atoms with E-state index in [1.54, 1.807) is 6.08 Å². The first-order valence-corrected chi connectivity index (χ1v) is 3.97. The average Bonchev–Trinajstić information content (AvgIpc) is 1.68. The SMILES string of the molecule is C=CC[P+](=O)CC. The third-order valence-corrected chi connectivity index (χ3v) is 2.06. The highest BCUT2D eigenvalue weighted by molar-refractivity contribution is 7.44. The van der Waals surface area contributed by atoms with E-state index in [4.69, 9.17) is 0 Å². The molecule has 0 aromatic rings. The molecule has 0 aliphatic rings. The summed E-state index contributed by atoms with van der Waals surface area (Å²) >= 11 is 0. The molecule has 0 spiro atoms. The van der Waals surface area contributed by atoms with Crippen molar-refractivity contribution >= 4 is 7.80 Å². The summed E-state index contributed by atoms with van der Waals surface area (Å²) in [6, 6.07) is 0. The van der Waals surface area contributed by atoms with Gasteiger partial charge in [0.05, 0.1) is 0 Å². The molecular weight excluding hydrogens is 107 g/mol. The van der Waals surface area contributed by atoms with Crippen LogP contribution in [0, 0.1) is 0 Å². The zero-order chi connectivity index (χ0) is 5.70. The van der Waals surface area contributed by atoms with Crippen molar-refractivity contribution < 1.29 is 4.57 Å². The van der Waals surface area contributed by atoms with Crippen molar-refractivity contribution in [2.75, 3.05) is 12.3 Å². The summed E-state index contributed by atoms with van der Waals surface area (Å²) in [7, 11) is -0.947. The van der Waals surface area contributed by atoms with E-state index in [0.29, 0.717) is 6.16 Å². The summed E-state index contributed by atoms with van der Waals surface area (Å²) in [5.41, 5.74) is 0. The Hall–Kier alpha value is -0.160. The lowest BCUT2D eigenvalue weighted by atomic mass is 10.8. The monoisotopic (exact) mass is 117 g/mol. The van der Waals surface area contributed by atoms with Crippen LogP contribution in [-0.4, -0.2) is 12.3 Å². The summed E-state index contributed by atoms with van der Waals surface area (Å²) in [5.74, 6) is 0. The van der Waals surface area contributed by atoms with Crippen LogP contribution < -0.4 is 0 Å². The molecule has 1 unspecified atom stereocenters. The Bertz CT molecular complexity index is 78.1. The maximum atomic E-state index is 10.5. The van der Waals surface area contributed by atoms with E-state index in [0.717, 1.165) is 6.16 Å². The van der Waals surface area contributed by atoms with Crippen molar-refractivity contribution in [1.82, 2.24) is 0 Å². The maximum absolute atomic E-state index is 10.5. The fourth-order valence-corrected chi connectivity index (χ4v) is 0.819. The van der Waals surface area contributed by atoms with E-state index in [9.17, 15) is 4.57 Å². The Kier molecular flexibility index (Phi) is 3.92. The molecule has 0 fully saturated rings. The molecule has 0 saturated carbocycles. The molecule has 7 heavy (non-hydrogen) atoms. The predicted octanol–water partition coefficient (Wildman–Crippen LogP) is 2.02. The van der Waals surface area contributed by atoms with Crippen LogP contribution in [0.2, 0.25) is 0 Å². The molecule has 0 N–H and O–H groups in total. The molecule has 0 aromatic heterocycles. The van der Waals surface area contributed by atoms with E-state index < -0.39 is 7.80 Å². The largest absolute Gasteiger partial charge is 0.342 e. The van der Waals surface area contributed by atoms with Gasteiger partial charge in [-0.2, -0.15) is 0 Å². The van der Waals surface area contributed by atoms with Gasteiger partial charge >= 0.3 is 7.80 Å². The van der Waals surface area contributed by atoms with Crippen LogP contribution in [0.25, 0.3) is 0 Å². The fourth-order valence-electron chi connectivity index (χ4n) is 0.273. The smallest absolute Gasteiger partial charge is 0.0989 e.